The first-order valence-corrected chi connectivity index (χ1v) is 7.97. The van der Waals surface area contributed by atoms with E-state index < -0.39 is 5.91 Å². The van der Waals surface area contributed by atoms with Crippen molar-refractivity contribution in [2.45, 2.75) is 0 Å². The SMILES string of the molecule is O=C(NNC(=O)c1c[nH]c2ccccc12)c1ccc(-n2ccnc2)cc1. The minimum Gasteiger partial charge on any atom is -0.360 e. The highest BCUT2D eigenvalue weighted by molar-refractivity contribution is 6.07. The summed E-state index contributed by atoms with van der Waals surface area (Å²) in [4.78, 5) is 31.5. The number of nitrogens with one attached hydrogen (secondary N) is 3. The van der Waals surface area contributed by atoms with Crippen molar-refractivity contribution in [1.82, 2.24) is 25.4 Å². The van der Waals surface area contributed by atoms with Gasteiger partial charge in [-0.25, -0.2) is 4.98 Å². The highest BCUT2D eigenvalue weighted by Crippen LogP contribution is 2.17. The lowest BCUT2D eigenvalue weighted by Gasteiger charge is -2.08. The van der Waals surface area contributed by atoms with Gasteiger partial charge in [0.25, 0.3) is 11.8 Å². The standard InChI is InChI=1S/C19H15N5O2/c25-18(13-5-7-14(8-6-13)24-10-9-20-12-24)22-23-19(26)16-11-21-17-4-2-1-3-15(16)17/h1-12,21H,(H,22,25)(H,23,26). The monoisotopic (exact) mass is 345 g/mol. The number of rotatable bonds is 3. The molecule has 0 fully saturated rings. The van der Waals surface area contributed by atoms with Gasteiger partial charge in [-0.05, 0) is 30.3 Å². The third kappa shape index (κ3) is 2.93. The Balaban J connectivity index is 1.43. The minimum absolute atomic E-state index is 0.383. The summed E-state index contributed by atoms with van der Waals surface area (Å²) in [5.41, 5.74) is 7.54. The first kappa shape index (κ1) is 15.6. The van der Waals surface area contributed by atoms with Crippen LogP contribution in [0.1, 0.15) is 20.7 Å². The summed E-state index contributed by atoms with van der Waals surface area (Å²) >= 11 is 0. The summed E-state index contributed by atoms with van der Waals surface area (Å²) in [7, 11) is 0. The Morgan fingerprint density at radius 2 is 1.73 bits per heavy atom. The first-order valence-electron chi connectivity index (χ1n) is 7.97. The molecule has 0 radical (unpaired) electrons. The Labute approximate surface area is 148 Å². The molecule has 2 aromatic carbocycles. The molecule has 7 heteroatoms. The Morgan fingerprint density at radius 3 is 2.50 bits per heavy atom. The van der Waals surface area contributed by atoms with Crippen LogP contribution in [0.2, 0.25) is 0 Å². The molecule has 0 unspecified atom stereocenters. The van der Waals surface area contributed by atoms with Crippen molar-refractivity contribution in [3.05, 3.63) is 84.6 Å². The van der Waals surface area contributed by atoms with Crippen molar-refractivity contribution in [1.29, 1.82) is 0 Å². The predicted molar refractivity (Wildman–Crippen MR) is 96.8 cm³/mol. The second kappa shape index (κ2) is 6.56. The van der Waals surface area contributed by atoms with Crippen LogP contribution in [0.15, 0.2) is 73.4 Å². The van der Waals surface area contributed by atoms with Crippen molar-refractivity contribution in [2.75, 3.05) is 0 Å². The van der Waals surface area contributed by atoms with Gasteiger partial charge >= 0.3 is 0 Å². The van der Waals surface area contributed by atoms with Crippen LogP contribution in [0.3, 0.4) is 0 Å². The van der Waals surface area contributed by atoms with E-state index in [2.05, 4.69) is 20.8 Å². The number of hydrogen-bond donors (Lipinski definition) is 3. The van der Waals surface area contributed by atoms with Gasteiger partial charge in [-0.3, -0.25) is 20.4 Å². The van der Waals surface area contributed by atoms with Crippen molar-refractivity contribution >= 4 is 22.7 Å². The highest BCUT2D eigenvalue weighted by Gasteiger charge is 2.13. The summed E-state index contributed by atoms with van der Waals surface area (Å²) in [5.74, 6) is -0.777. The van der Waals surface area contributed by atoms with Crippen molar-refractivity contribution in [2.24, 2.45) is 0 Å². The zero-order chi connectivity index (χ0) is 17.9. The fourth-order valence-corrected chi connectivity index (χ4v) is 2.71. The van der Waals surface area contributed by atoms with Gasteiger partial charge in [0.1, 0.15) is 0 Å². The van der Waals surface area contributed by atoms with Crippen LogP contribution < -0.4 is 10.9 Å². The average Bonchev–Trinajstić information content (AvgIpc) is 3.36. The van der Waals surface area contributed by atoms with Crippen LogP contribution in [0.5, 0.6) is 0 Å². The molecule has 0 aliphatic heterocycles. The quantitative estimate of drug-likeness (QED) is 0.498. The van der Waals surface area contributed by atoms with Gasteiger partial charge in [0, 0.05) is 40.7 Å². The summed E-state index contributed by atoms with van der Waals surface area (Å²) in [6.07, 6.45) is 6.79. The zero-order valence-corrected chi connectivity index (χ0v) is 13.6. The first-order chi connectivity index (χ1) is 12.7. The Kier molecular flexibility index (Phi) is 3.95. The molecule has 0 aliphatic rings. The molecule has 7 nitrogen and oxygen atoms in total. The lowest BCUT2D eigenvalue weighted by molar-refractivity contribution is 0.0847. The number of imidazole rings is 1. The number of nitrogens with zero attached hydrogens (tertiary/aromatic N) is 2. The molecule has 4 aromatic rings. The lowest BCUT2D eigenvalue weighted by atomic mass is 10.2. The van der Waals surface area contributed by atoms with Crippen molar-refractivity contribution in [3.8, 4) is 5.69 Å². The van der Waals surface area contributed by atoms with Crippen LogP contribution in [0.25, 0.3) is 16.6 Å². The van der Waals surface area contributed by atoms with E-state index in [0.717, 1.165) is 16.6 Å². The average molecular weight is 345 g/mol. The molecule has 2 heterocycles. The van der Waals surface area contributed by atoms with E-state index in [0.29, 0.717) is 11.1 Å². The second-order valence-electron chi connectivity index (χ2n) is 5.67. The Hall–Kier alpha value is -3.87. The molecule has 0 saturated carbocycles. The van der Waals surface area contributed by atoms with Crippen LogP contribution in [0, 0.1) is 0 Å². The number of benzene rings is 2. The Morgan fingerprint density at radius 1 is 0.962 bits per heavy atom. The van der Waals surface area contributed by atoms with Crippen molar-refractivity contribution < 1.29 is 9.59 Å². The molecular weight excluding hydrogens is 330 g/mol. The number of amides is 2. The molecule has 0 spiro atoms. The Bertz CT molecular complexity index is 1060. The highest BCUT2D eigenvalue weighted by atomic mass is 16.2. The molecule has 4 rings (SSSR count). The predicted octanol–water partition coefficient (Wildman–Crippen LogP) is 2.43. The number of H-pyrrole nitrogens is 1. The number of aromatic nitrogens is 3. The normalized spacial score (nSPS) is 10.6. The van der Waals surface area contributed by atoms with E-state index >= 15 is 0 Å². The van der Waals surface area contributed by atoms with Gasteiger partial charge in [0.05, 0.1) is 11.9 Å². The van der Waals surface area contributed by atoms with Gasteiger partial charge in [0.2, 0.25) is 0 Å². The van der Waals surface area contributed by atoms with Gasteiger partial charge in [-0.1, -0.05) is 18.2 Å². The van der Waals surface area contributed by atoms with E-state index in [1.54, 1.807) is 43.0 Å². The van der Waals surface area contributed by atoms with Gasteiger partial charge in [-0.15, -0.1) is 0 Å². The molecule has 2 aromatic heterocycles. The zero-order valence-electron chi connectivity index (χ0n) is 13.6. The van der Waals surface area contributed by atoms with Gasteiger partial charge in [-0.2, -0.15) is 0 Å². The third-order valence-electron chi connectivity index (χ3n) is 4.06. The largest absolute Gasteiger partial charge is 0.360 e. The number of para-hydroxylation sites is 1. The molecule has 0 bridgehead atoms. The number of carbonyl (C=O) groups excluding carboxylic acids is 2. The topological polar surface area (TPSA) is 91.8 Å². The van der Waals surface area contributed by atoms with E-state index in [4.69, 9.17) is 0 Å². The second-order valence-corrected chi connectivity index (χ2v) is 5.67. The fourth-order valence-electron chi connectivity index (χ4n) is 2.71. The van der Waals surface area contributed by atoms with Crippen molar-refractivity contribution in [3.63, 3.8) is 0 Å². The molecule has 0 saturated heterocycles. The van der Waals surface area contributed by atoms with Crippen LogP contribution >= 0.6 is 0 Å². The number of aromatic amines is 1. The van der Waals surface area contributed by atoms with E-state index in [9.17, 15) is 9.59 Å². The van der Waals surface area contributed by atoms with Crippen LogP contribution in [-0.4, -0.2) is 26.3 Å². The molecule has 0 aliphatic carbocycles. The molecule has 3 N–H and O–H groups in total. The number of carbonyl (C=O) groups is 2. The summed E-state index contributed by atoms with van der Waals surface area (Å²) < 4.78 is 1.83. The maximum Gasteiger partial charge on any atom is 0.271 e. The number of hydrazine groups is 1. The van der Waals surface area contributed by atoms with Crippen LogP contribution in [0.4, 0.5) is 0 Å². The number of hydrogen-bond acceptors (Lipinski definition) is 3. The van der Waals surface area contributed by atoms with Gasteiger partial charge < -0.3 is 9.55 Å². The molecule has 26 heavy (non-hydrogen) atoms. The summed E-state index contributed by atoms with van der Waals surface area (Å²) in [6, 6.07) is 14.4. The maximum absolute atomic E-state index is 12.3. The summed E-state index contributed by atoms with van der Waals surface area (Å²) in [5, 5.41) is 0.795. The lowest BCUT2D eigenvalue weighted by Crippen LogP contribution is -2.41. The van der Waals surface area contributed by atoms with E-state index in [1.165, 1.54) is 0 Å². The molecule has 128 valence electrons. The maximum atomic E-state index is 12.3. The molecule has 0 atom stereocenters. The fraction of sp³-hybridized carbons (Fsp3) is 0. The number of fused-ring (bicyclic) bond motifs is 1. The summed E-state index contributed by atoms with van der Waals surface area (Å²) in [6.45, 7) is 0. The molecule has 2 amide bonds. The minimum atomic E-state index is -0.393. The third-order valence-corrected chi connectivity index (χ3v) is 4.06. The van der Waals surface area contributed by atoms with E-state index in [1.807, 2.05) is 35.0 Å². The van der Waals surface area contributed by atoms with Gasteiger partial charge in [0.15, 0.2) is 0 Å². The molecular formula is C19H15N5O2. The smallest absolute Gasteiger partial charge is 0.271 e. The van der Waals surface area contributed by atoms with Crippen LogP contribution in [-0.2, 0) is 0 Å². The van der Waals surface area contributed by atoms with E-state index in [-0.39, 0.29) is 5.91 Å².